The van der Waals surface area contributed by atoms with Crippen LogP contribution in [0.5, 0.6) is 5.75 Å². The second-order valence-corrected chi connectivity index (χ2v) is 9.42. The van der Waals surface area contributed by atoms with Crippen LogP contribution in [0.1, 0.15) is 31.7 Å². The van der Waals surface area contributed by atoms with E-state index in [0.29, 0.717) is 37.7 Å². The molecule has 4 N–H and O–H groups in total. The fourth-order valence-corrected chi connectivity index (χ4v) is 5.05. The molecule has 0 bridgehead atoms. The maximum absolute atomic E-state index is 13.1. The molecule has 3 fully saturated rings. The predicted octanol–water partition coefficient (Wildman–Crippen LogP) is 2.52. The minimum absolute atomic E-state index is 0.0321. The summed E-state index contributed by atoms with van der Waals surface area (Å²) in [7, 11) is 0. The highest BCUT2D eigenvalue weighted by molar-refractivity contribution is 5.99. The van der Waals surface area contributed by atoms with Crippen LogP contribution in [0.2, 0.25) is 0 Å². The maximum atomic E-state index is 13.1. The number of nitrogens with zero attached hydrogens (tertiary/aromatic N) is 3. The summed E-state index contributed by atoms with van der Waals surface area (Å²) in [5, 5.41) is 26.1. The molecule has 3 saturated heterocycles. The highest BCUT2D eigenvalue weighted by Crippen LogP contribution is 2.40. The Morgan fingerprint density at radius 3 is 2.57 bits per heavy atom. The molecule has 5 rings (SSSR count). The molecule has 10 heteroatoms. The van der Waals surface area contributed by atoms with Gasteiger partial charge in [-0.15, -0.1) is 0 Å². The van der Waals surface area contributed by atoms with E-state index in [1.54, 1.807) is 23.2 Å². The van der Waals surface area contributed by atoms with E-state index in [2.05, 4.69) is 20.5 Å². The van der Waals surface area contributed by atoms with Crippen molar-refractivity contribution in [2.45, 2.75) is 37.8 Å². The monoisotopic (exact) mass is 480 g/mol. The van der Waals surface area contributed by atoms with E-state index in [1.165, 1.54) is 0 Å². The van der Waals surface area contributed by atoms with Crippen molar-refractivity contribution in [3.05, 3.63) is 42.1 Å². The second-order valence-electron chi connectivity index (χ2n) is 9.42. The van der Waals surface area contributed by atoms with E-state index in [4.69, 9.17) is 14.9 Å². The first kappa shape index (κ1) is 23.4. The highest BCUT2D eigenvalue weighted by atomic mass is 16.5. The first-order chi connectivity index (χ1) is 16.9. The zero-order valence-electron chi connectivity index (χ0n) is 19.9. The molecule has 3 aliphatic rings. The summed E-state index contributed by atoms with van der Waals surface area (Å²) in [4.78, 5) is 21.4. The van der Waals surface area contributed by atoms with Crippen LogP contribution >= 0.6 is 0 Å². The van der Waals surface area contributed by atoms with Gasteiger partial charge in [0.05, 0.1) is 42.7 Å². The number of carbonyl (C=O) groups is 1. The lowest BCUT2D eigenvalue weighted by atomic mass is 9.85. The van der Waals surface area contributed by atoms with Crippen molar-refractivity contribution in [1.82, 2.24) is 15.2 Å². The molecule has 35 heavy (non-hydrogen) atoms. The fourth-order valence-electron chi connectivity index (χ4n) is 5.05. The van der Waals surface area contributed by atoms with Gasteiger partial charge >= 0.3 is 0 Å². The molecule has 0 unspecified atom stereocenters. The van der Waals surface area contributed by atoms with Gasteiger partial charge in [0.25, 0.3) is 0 Å². The number of guanidine groups is 1. The average Bonchev–Trinajstić information content (AvgIpc) is 2.86. The first-order valence-electron chi connectivity index (χ1n) is 12.1. The maximum Gasteiger partial charge on any atom is 0.232 e. The van der Waals surface area contributed by atoms with Crippen molar-refractivity contribution in [1.29, 1.82) is 5.41 Å². The van der Waals surface area contributed by atoms with E-state index < -0.39 is 5.54 Å². The molecule has 1 aromatic carbocycles. The second kappa shape index (κ2) is 9.71. The van der Waals surface area contributed by atoms with E-state index in [1.807, 2.05) is 25.1 Å². The zero-order valence-corrected chi connectivity index (χ0v) is 19.9. The van der Waals surface area contributed by atoms with Crippen LogP contribution in [0.15, 0.2) is 36.5 Å². The van der Waals surface area contributed by atoms with Gasteiger partial charge < -0.3 is 30.1 Å². The molecule has 186 valence electrons. The van der Waals surface area contributed by atoms with Gasteiger partial charge in [0.15, 0.2) is 5.96 Å². The lowest BCUT2D eigenvalue weighted by molar-refractivity contribution is -0.133. The molecule has 2 aromatic rings. The first-order valence-corrected chi connectivity index (χ1v) is 12.1. The number of morpholine rings is 1. The predicted molar refractivity (Wildman–Crippen MR) is 132 cm³/mol. The number of aromatic hydroxyl groups is 1. The summed E-state index contributed by atoms with van der Waals surface area (Å²) in [5.41, 5.74) is 0.906. The number of phenolic OH excluding ortho intramolecular Hbond substituents is 1. The molecule has 10 nitrogen and oxygen atoms in total. The molecule has 0 saturated carbocycles. The van der Waals surface area contributed by atoms with Gasteiger partial charge in [-0.25, -0.2) is 4.98 Å². The van der Waals surface area contributed by atoms with Gasteiger partial charge in [0, 0.05) is 37.9 Å². The smallest absolute Gasteiger partial charge is 0.232 e. The number of phenols is 1. The molecule has 0 aliphatic carbocycles. The van der Waals surface area contributed by atoms with Crippen molar-refractivity contribution in [2.24, 2.45) is 0 Å². The molecule has 4 heterocycles. The number of aromatic nitrogens is 1. The number of hydrogen-bond donors (Lipinski definition) is 4. The minimum Gasteiger partial charge on any atom is -0.505 e. The molecular weight excluding hydrogens is 448 g/mol. The number of pyridine rings is 1. The summed E-state index contributed by atoms with van der Waals surface area (Å²) in [6.45, 7) is 6.05. The van der Waals surface area contributed by atoms with E-state index in [-0.39, 0.29) is 30.1 Å². The number of anilines is 3. The number of benzene rings is 1. The van der Waals surface area contributed by atoms with E-state index in [9.17, 15) is 9.90 Å². The molecule has 1 aromatic heterocycles. The Bertz CT molecular complexity index is 1060. The topological polar surface area (TPSA) is 123 Å². The van der Waals surface area contributed by atoms with Gasteiger partial charge in [0.2, 0.25) is 5.91 Å². The summed E-state index contributed by atoms with van der Waals surface area (Å²) in [6, 6.07) is 9.24. The zero-order chi connectivity index (χ0) is 24.4. The molecule has 3 aliphatic heterocycles. The number of amides is 1. The number of rotatable bonds is 5. The van der Waals surface area contributed by atoms with Crippen molar-refractivity contribution < 1.29 is 19.4 Å². The van der Waals surface area contributed by atoms with Crippen molar-refractivity contribution in [3.63, 3.8) is 0 Å². The largest absolute Gasteiger partial charge is 0.505 e. The molecule has 1 amide bonds. The Kier molecular flexibility index (Phi) is 6.48. The van der Waals surface area contributed by atoms with Crippen LogP contribution in [0.25, 0.3) is 0 Å². The van der Waals surface area contributed by atoms with Gasteiger partial charge in [-0.2, -0.15) is 0 Å². The standard InChI is InChI=1S/C25H32N6O4/c1-25(15-22(32)31(24(26)29-25)18-7-11-34-12-8-18)19-3-2-4-20(23(19)33)28-17-5-6-21(27-16-17)30-9-13-35-14-10-30/h2-6,16,18,28,33H,7-15H2,1H3,(H2,26,29)/t25-/m0/s1. The van der Waals surface area contributed by atoms with Gasteiger partial charge in [0.1, 0.15) is 11.6 Å². The summed E-state index contributed by atoms with van der Waals surface area (Å²) in [6.07, 6.45) is 3.31. The third-order valence-electron chi connectivity index (χ3n) is 6.96. The normalized spacial score (nSPS) is 23.8. The van der Waals surface area contributed by atoms with Gasteiger partial charge in [-0.1, -0.05) is 12.1 Å². The van der Waals surface area contributed by atoms with Crippen molar-refractivity contribution >= 4 is 29.1 Å². The Labute approximate surface area is 204 Å². The van der Waals surface area contributed by atoms with Crippen LogP contribution in [0, 0.1) is 5.41 Å². The van der Waals surface area contributed by atoms with Crippen LogP contribution in [-0.2, 0) is 19.8 Å². The number of para-hydroxylation sites is 1. The summed E-state index contributed by atoms with van der Waals surface area (Å²) in [5.74, 6) is 0.877. The Hall–Kier alpha value is -3.37. The summed E-state index contributed by atoms with van der Waals surface area (Å²) >= 11 is 0. The van der Waals surface area contributed by atoms with E-state index in [0.717, 1.165) is 37.4 Å². The third kappa shape index (κ3) is 4.76. The van der Waals surface area contributed by atoms with Crippen LogP contribution < -0.4 is 15.5 Å². The fraction of sp³-hybridized carbons (Fsp3) is 0.480. The third-order valence-corrected chi connectivity index (χ3v) is 6.96. The molecule has 0 radical (unpaired) electrons. The Morgan fingerprint density at radius 2 is 1.89 bits per heavy atom. The van der Waals surface area contributed by atoms with Gasteiger partial charge in [-0.05, 0) is 38.0 Å². The average molecular weight is 481 g/mol. The van der Waals surface area contributed by atoms with Crippen molar-refractivity contribution in [3.8, 4) is 5.75 Å². The number of hydrogen-bond acceptors (Lipinski definition) is 8. The van der Waals surface area contributed by atoms with E-state index >= 15 is 0 Å². The number of ether oxygens (including phenoxy) is 2. The minimum atomic E-state index is -0.907. The lowest BCUT2D eigenvalue weighted by Gasteiger charge is -2.44. The molecule has 0 spiro atoms. The van der Waals surface area contributed by atoms with Crippen molar-refractivity contribution in [2.75, 3.05) is 49.7 Å². The highest BCUT2D eigenvalue weighted by Gasteiger charge is 2.43. The Morgan fingerprint density at radius 1 is 1.14 bits per heavy atom. The summed E-state index contributed by atoms with van der Waals surface area (Å²) < 4.78 is 10.8. The van der Waals surface area contributed by atoms with Crippen LogP contribution in [0.4, 0.5) is 17.2 Å². The molecule has 1 atom stereocenters. The SMILES string of the molecule is C[C@@]1(c2cccc(Nc3ccc(N4CCOCC4)nc3)c2O)CC(=O)N(C2CCOCC2)C(=N)N1. The van der Waals surface area contributed by atoms with Crippen LogP contribution in [0.3, 0.4) is 0 Å². The molecular formula is C25H32N6O4. The quantitative estimate of drug-likeness (QED) is 0.482. The number of nitrogens with one attached hydrogen (secondary N) is 3. The van der Waals surface area contributed by atoms with Gasteiger partial charge in [-0.3, -0.25) is 15.1 Å². The number of carbonyl (C=O) groups excluding carboxylic acids is 1. The Balaban J connectivity index is 1.32. The van der Waals surface area contributed by atoms with Crippen LogP contribution in [-0.4, -0.2) is 72.4 Å². The lowest BCUT2D eigenvalue weighted by Crippen LogP contribution is -2.62.